The monoisotopic (exact) mass is 244 g/mol. The lowest BCUT2D eigenvalue weighted by atomic mass is 10.2. The van der Waals surface area contributed by atoms with Crippen molar-refractivity contribution < 1.29 is 0 Å². The molecule has 0 aliphatic carbocycles. The summed E-state index contributed by atoms with van der Waals surface area (Å²) in [4.78, 5) is 2.36. The fourth-order valence-electron chi connectivity index (χ4n) is 1.60. The minimum atomic E-state index is 0.830. The molecule has 0 aromatic heterocycles. The maximum absolute atomic E-state index is 5.90. The molecule has 2 rings (SSSR count). The van der Waals surface area contributed by atoms with Crippen molar-refractivity contribution in [1.29, 1.82) is 0 Å². The zero-order valence-electron chi connectivity index (χ0n) is 10.0. The van der Waals surface area contributed by atoms with Gasteiger partial charge in [0.05, 0.1) is 0 Å². The van der Waals surface area contributed by atoms with Gasteiger partial charge < -0.3 is 11.5 Å². The van der Waals surface area contributed by atoms with Crippen LogP contribution in [-0.4, -0.2) is 0 Å². The molecular formula is C14H16N2S. The van der Waals surface area contributed by atoms with E-state index in [0.717, 1.165) is 22.5 Å². The number of rotatable bonds is 2. The van der Waals surface area contributed by atoms with Crippen LogP contribution in [0.15, 0.2) is 46.2 Å². The molecule has 0 saturated carbocycles. The molecule has 0 heterocycles. The summed E-state index contributed by atoms with van der Waals surface area (Å²) in [6, 6.07) is 12.0. The van der Waals surface area contributed by atoms with E-state index in [1.54, 1.807) is 11.8 Å². The van der Waals surface area contributed by atoms with E-state index in [2.05, 4.69) is 12.1 Å². The average Bonchev–Trinajstić information content (AvgIpc) is 2.31. The predicted molar refractivity (Wildman–Crippen MR) is 75.3 cm³/mol. The Morgan fingerprint density at radius 1 is 0.765 bits per heavy atom. The van der Waals surface area contributed by atoms with E-state index < -0.39 is 0 Å². The van der Waals surface area contributed by atoms with Gasteiger partial charge in [-0.3, -0.25) is 0 Å². The molecule has 2 aromatic carbocycles. The van der Waals surface area contributed by atoms with Crippen molar-refractivity contribution in [3.8, 4) is 0 Å². The summed E-state index contributed by atoms with van der Waals surface area (Å²) in [5.41, 5.74) is 15.7. The first-order valence-electron chi connectivity index (χ1n) is 5.47. The fourth-order valence-corrected chi connectivity index (χ4v) is 2.67. The Kier molecular flexibility index (Phi) is 3.29. The first-order valence-corrected chi connectivity index (χ1v) is 6.29. The fraction of sp³-hybridized carbons (Fsp3) is 0.143. The summed E-state index contributed by atoms with van der Waals surface area (Å²) < 4.78 is 0. The highest BCUT2D eigenvalue weighted by atomic mass is 32.2. The molecule has 3 heteroatoms. The number of hydrogen-bond donors (Lipinski definition) is 2. The lowest BCUT2D eigenvalue weighted by Gasteiger charge is -2.11. The van der Waals surface area contributed by atoms with Crippen LogP contribution in [0.25, 0.3) is 0 Å². The third-order valence-corrected chi connectivity index (χ3v) is 4.20. The van der Waals surface area contributed by atoms with Gasteiger partial charge in [-0.25, -0.2) is 0 Å². The Morgan fingerprint density at radius 3 is 1.59 bits per heavy atom. The van der Waals surface area contributed by atoms with E-state index in [-0.39, 0.29) is 0 Å². The molecule has 2 nitrogen and oxygen atoms in total. The van der Waals surface area contributed by atoms with Crippen LogP contribution in [0.3, 0.4) is 0 Å². The van der Waals surface area contributed by atoms with Gasteiger partial charge in [0.2, 0.25) is 0 Å². The predicted octanol–water partition coefficient (Wildman–Crippen LogP) is 3.62. The molecule has 0 radical (unpaired) electrons. The summed E-state index contributed by atoms with van der Waals surface area (Å²) in [6.07, 6.45) is 0. The highest BCUT2D eigenvalue weighted by Gasteiger charge is 2.06. The molecule has 4 N–H and O–H groups in total. The zero-order valence-corrected chi connectivity index (χ0v) is 10.8. The van der Waals surface area contributed by atoms with Crippen LogP contribution in [0.2, 0.25) is 0 Å². The van der Waals surface area contributed by atoms with E-state index in [9.17, 15) is 0 Å². The van der Waals surface area contributed by atoms with Crippen molar-refractivity contribution >= 4 is 23.1 Å². The van der Waals surface area contributed by atoms with Crippen LogP contribution >= 0.6 is 11.8 Å². The first-order chi connectivity index (χ1) is 8.09. The SMILES string of the molecule is Cc1c(N)cccc1Sc1cccc(N)c1C. The smallest absolute Gasteiger partial charge is 0.0355 e. The van der Waals surface area contributed by atoms with E-state index >= 15 is 0 Å². The first kappa shape index (κ1) is 11.9. The molecule has 0 aliphatic heterocycles. The van der Waals surface area contributed by atoms with Gasteiger partial charge in [0.15, 0.2) is 0 Å². The highest BCUT2D eigenvalue weighted by Crippen LogP contribution is 2.35. The maximum Gasteiger partial charge on any atom is 0.0355 e. The molecule has 0 bridgehead atoms. The Bertz CT molecular complexity index is 500. The molecule has 2 aromatic rings. The normalized spacial score (nSPS) is 10.5. The molecule has 0 unspecified atom stereocenters. The van der Waals surface area contributed by atoms with Crippen LogP contribution in [0.1, 0.15) is 11.1 Å². The third-order valence-electron chi connectivity index (χ3n) is 2.87. The van der Waals surface area contributed by atoms with Crippen molar-refractivity contribution in [1.82, 2.24) is 0 Å². The number of nitrogens with two attached hydrogens (primary N) is 2. The van der Waals surface area contributed by atoms with Crippen molar-refractivity contribution in [2.24, 2.45) is 0 Å². The molecule has 0 spiro atoms. The van der Waals surface area contributed by atoms with Crippen LogP contribution in [-0.2, 0) is 0 Å². The van der Waals surface area contributed by atoms with Gasteiger partial charge in [0.25, 0.3) is 0 Å². The number of hydrogen-bond acceptors (Lipinski definition) is 3. The topological polar surface area (TPSA) is 52.0 Å². The van der Waals surface area contributed by atoms with Gasteiger partial charge in [0.1, 0.15) is 0 Å². The molecule has 0 saturated heterocycles. The number of anilines is 2. The van der Waals surface area contributed by atoms with Gasteiger partial charge in [-0.15, -0.1) is 0 Å². The molecule has 0 atom stereocenters. The highest BCUT2D eigenvalue weighted by molar-refractivity contribution is 7.99. The Hall–Kier alpha value is -1.61. The largest absolute Gasteiger partial charge is 0.398 e. The van der Waals surface area contributed by atoms with Gasteiger partial charge in [-0.05, 0) is 49.2 Å². The minimum absolute atomic E-state index is 0.830. The number of nitrogen functional groups attached to an aromatic ring is 2. The average molecular weight is 244 g/mol. The molecule has 0 amide bonds. The van der Waals surface area contributed by atoms with Crippen molar-refractivity contribution in [3.05, 3.63) is 47.5 Å². The van der Waals surface area contributed by atoms with Crippen LogP contribution < -0.4 is 11.5 Å². The van der Waals surface area contributed by atoms with Crippen LogP contribution in [0, 0.1) is 13.8 Å². The van der Waals surface area contributed by atoms with Gasteiger partial charge in [-0.2, -0.15) is 0 Å². The van der Waals surface area contributed by atoms with Gasteiger partial charge >= 0.3 is 0 Å². The summed E-state index contributed by atoms with van der Waals surface area (Å²) in [5, 5.41) is 0. The lowest BCUT2D eigenvalue weighted by Crippen LogP contribution is -1.93. The zero-order chi connectivity index (χ0) is 12.4. The van der Waals surface area contributed by atoms with Crippen molar-refractivity contribution in [2.75, 3.05) is 11.5 Å². The second kappa shape index (κ2) is 4.72. The summed E-state index contributed by atoms with van der Waals surface area (Å²) in [5.74, 6) is 0. The second-order valence-corrected chi connectivity index (χ2v) is 5.13. The quantitative estimate of drug-likeness (QED) is 0.793. The molecular weight excluding hydrogens is 228 g/mol. The second-order valence-electron chi connectivity index (χ2n) is 4.04. The summed E-state index contributed by atoms with van der Waals surface area (Å²) in [6.45, 7) is 4.08. The van der Waals surface area contributed by atoms with Crippen LogP contribution in [0.4, 0.5) is 11.4 Å². The molecule has 0 fully saturated rings. The van der Waals surface area contributed by atoms with Crippen LogP contribution in [0.5, 0.6) is 0 Å². The molecule has 0 aliphatic rings. The number of benzene rings is 2. The van der Waals surface area contributed by atoms with E-state index in [0.29, 0.717) is 0 Å². The molecule has 17 heavy (non-hydrogen) atoms. The Balaban J connectivity index is 2.38. The summed E-state index contributed by atoms with van der Waals surface area (Å²) >= 11 is 1.71. The van der Waals surface area contributed by atoms with Crippen molar-refractivity contribution in [2.45, 2.75) is 23.6 Å². The van der Waals surface area contributed by atoms with E-state index in [1.807, 2.05) is 38.1 Å². The van der Waals surface area contributed by atoms with E-state index in [4.69, 9.17) is 11.5 Å². The van der Waals surface area contributed by atoms with E-state index in [1.165, 1.54) is 9.79 Å². The lowest BCUT2D eigenvalue weighted by molar-refractivity contribution is 1.27. The van der Waals surface area contributed by atoms with Gasteiger partial charge in [-0.1, -0.05) is 23.9 Å². The minimum Gasteiger partial charge on any atom is -0.398 e. The van der Waals surface area contributed by atoms with Crippen molar-refractivity contribution in [3.63, 3.8) is 0 Å². The maximum atomic E-state index is 5.90. The van der Waals surface area contributed by atoms with Gasteiger partial charge in [0, 0.05) is 21.2 Å². The summed E-state index contributed by atoms with van der Waals surface area (Å²) in [7, 11) is 0. The molecule has 88 valence electrons. The Labute approximate surface area is 106 Å². The Morgan fingerprint density at radius 2 is 1.18 bits per heavy atom. The standard InChI is InChI=1S/C14H16N2S/c1-9-11(15)5-3-7-13(9)17-14-8-4-6-12(16)10(14)2/h3-8H,15-16H2,1-2H3. The third kappa shape index (κ3) is 2.39.